The van der Waals surface area contributed by atoms with Gasteiger partial charge in [0.1, 0.15) is 12.3 Å². The van der Waals surface area contributed by atoms with Gasteiger partial charge in [-0.3, -0.25) is 14.6 Å². The van der Waals surface area contributed by atoms with E-state index in [0.29, 0.717) is 34.2 Å². The molecule has 0 saturated heterocycles. The zero-order chi connectivity index (χ0) is 38.5. The summed E-state index contributed by atoms with van der Waals surface area (Å²) >= 11 is 0. The minimum Gasteiger partial charge on any atom is -0.493 e. The maximum Gasteiger partial charge on any atom is 0.411 e. The van der Waals surface area contributed by atoms with Crippen molar-refractivity contribution in [2.45, 2.75) is 24.8 Å². The first-order chi connectivity index (χ1) is 26.6. The van der Waals surface area contributed by atoms with E-state index in [1.807, 2.05) is 13.8 Å². The van der Waals surface area contributed by atoms with E-state index in [2.05, 4.69) is 45.3 Å². The number of H-pyrrole nitrogens is 1. The van der Waals surface area contributed by atoms with Crippen LogP contribution in [0.1, 0.15) is 25.3 Å². The fraction of sp³-hybridized carbons (Fsp3) is 0.200. The first-order valence-electron chi connectivity index (χ1n) is 16.5. The van der Waals surface area contributed by atoms with Crippen LogP contribution in [0.15, 0.2) is 84.1 Å². The lowest BCUT2D eigenvalue weighted by molar-refractivity contribution is 0.174. The monoisotopic (exact) mass is 768 g/mol. The molecule has 1 amide bonds. The van der Waals surface area contributed by atoms with E-state index in [1.54, 1.807) is 54.6 Å². The molecular weight excluding hydrogens is 737 g/mol. The molecule has 0 atom stereocenters. The number of ether oxygens (including phenoxy) is 5. The molecule has 55 heavy (non-hydrogen) atoms. The van der Waals surface area contributed by atoms with Crippen LogP contribution in [0.3, 0.4) is 0 Å². The number of hydrogen-bond acceptors (Lipinski definition) is 15. The van der Waals surface area contributed by atoms with Gasteiger partial charge >= 0.3 is 6.09 Å². The molecule has 5 heterocycles. The average molecular weight is 769 g/mol. The number of tetrazole rings is 1. The number of pyridine rings is 2. The molecule has 19 nitrogen and oxygen atoms in total. The number of fused-ring (bicyclic) bond motifs is 1. The number of carbonyl (C=O) groups is 1. The minimum atomic E-state index is -4.40. The molecule has 2 aromatic carbocycles. The highest BCUT2D eigenvalue weighted by Gasteiger charge is 2.27. The Hall–Kier alpha value is -7.09. The standard InChI is InChI=1S/C35H32N10O9S/c1-20(2)22-8-11-29(37-18-22)55(48,49)42-33-30(54-27-7-5-4-6-25(27)50-3)34(39-31(38-33)21-12-13-36-24(16-21)32-40-43-44-41-32)51-15-14-45(35(46)47)23-9-10-26-28(17-23)53-19-52-26/h4-13,16-18,20H,14-15,19H2,1-3H3,(H,46,47)(H,38,39,42)(H,40,41,43,44). The topological polar surface area (TPSA) is 239 Å². The molecule has 0 saturated carbocycles. The van der Waals surface area contributed by atoms with Crippen molar-refractivity contribution >= 4 is 27.6 Å². The summed E-state index contributed by atoms with van der Waals surface area (Å²) in [6.07, 6.45) is 1.67. The fourth-order valence-corrected chi connectivity index (χ4v) is 6.22. The van der Waals surface area contributed by atoms with Gasteiger partial charge < -0.3 is 28.8 Å². The van der Waals surface area contributed by atoms with Crippen LogP contribution in [0.5, 0.6) is 34.6 Å². The SMILES string of the molecule is COc1ccccc1Oc1c(NS(=O)(=O)c2ccc(C(C)C)cn2)nc(-c2ccnc(-c3nn[nH]n3)c2)nc1OCCN(C(=O)O)c1ccc2c(c1)OCO2. The Kier molecular flexibility index (Phi) is 10.2. The predicted octanol–water partition coefficient (Wildman–Crippen LogP) is 5.13. The molecule has 0 aliphatic carbocycles. The van der Waals surface area contributed by atoms with Gasteiger partial charge in [-0.15, -0.1) is 10.2 Å². The van der Waals surface area contributed by atoms with Crippen LogP contribution < -0.4 is 33.3 Å². The lowest BCUT2D eigenvalue weighted by Crippen LogP contribution is -2.33. The smallest absolute Gasteiger partial charge is 0.411 e. The van der Waals surface area contributed by atoms with Crippen molar-refractivity contribution < 1.29 is 42.0 Å². The number of aromatic amines is 1. The van der Waals surface area contributed by atoms with E-state index < -0.39 is 16.1 Å². The molecule has 20 heteroatoms. The van der Waals surface area contributed by atoms with E-state index in [0.717, 1.165) is 10.5 Å². The van der Waals surface area contributed by atoms with Crippen LogP contribution in [-0.2, 0) is 10.0 Å². The molecule has 0 radical (unpaired) electrons. The number of methoxy groups -OCH3 is 1. The quantitative estimate of drug-likeness (QED) is 0.130. The first-order valence-corrected chi connectivity index (χ1v) is 18.0. The summed E-state index contributed by atoms with van der Waals surface area (Å²) in [5.74, 6) is 0.782. The molecule has 0 unspecified atom stereocenters. The largest absolute Gasteiger partial charge is 0.493 e. The van der Waals surface area contributed by atoms with Crippen LogP contribution in [0.25, 0.3) is 22.9 Å². The molecule has 4 aromatic heterocycles. The Morgan fingerprint density at radius 1 is 1.00 bits per heavy atom. The van der Waals surface area contributed by atoms with Crippen LogP contribution in [-0.4, -0.2) is 87.2 Å². The number of benzene rings is 2. The second-order valence-electron chi connectivity index (χ2n) is 12.0. The number of nitrogens with zero attached hydrogens (tertiary/aromatic N) is 8. The lowest BCUT2D eigenvalue weighted by Gasteiger charge is -2.21. The Morgan fingerprint density at radius 3 is 2.55 bits per heavy atom. The van der Waals surface area contributed by atoms with Gasteiger partial charge in [-0.1, -0.05) is 32.0 Å². The van der Waals surface area contributed by atoms with Gasteiger partial charge in [0.2, 0.25) is 18.4 Å². The van der Waals surface area contributed by atoms with Crippen molar-refractivity contribution in [1.82, 2.24) is 40.6 Å². The maximum atomic E-state index is 13.9. The van der Waals surface area contributed by atoms with Crippen molar-refractivity contribution in [3.63, 3.8) is 0 Å². The Morgan fingerprint density at radius 2 is 1.82 bits per heavy atom. The number of rotatable bonds is 14. The summed E-state index contributed by atoms with van der Waals surface area (Å²) in [6.45, 7) is 3.45. The summed E-state index contributed by atoms with van der Waals surface area (Å²) in [5.41, 5.74) is 1.80. The normalized spacial score (nSPS) is 12.0. The molecule has 1 aliphatic rings. The van der Waals surface area contributed by atoms with Crippen molar-refractivity contribution in [2.24, 2.45) is 0 Å². The van der Waals surface area contributed by atoms with Crippen LogP contribution >= 0.6 is 0 Å². The van der Waals surface area contributed by atoms with Gasteiger partial charge in [-0.05, 0) is 59.2 Å². The number of aromatic nitrogens is 8. The molecule has 0 bridgehead atoms. The molecule has 282 valence electrons. The van der Waals surface area contributed by atoms with Crippen LogP contribution in [0.4, 0.5) is 16.3 Å². The van der Waals surface area contributed by atoms with Gasteiger partial charge in [0, 0.05) is 24.0 Å². The third kappa shape index (κ3) is 7.98. The predicted molar refractivity (Wildman–Crippen MR) is 194 cm³/mol. The number of carboxylic acid groups (broad SMARTS) is 1. The van der Waals surface area contributed by atoms with Crippen molar-refractivity contribution in [3.8, 4) is 57.5 Å². The maximum absolute atomic E-state index is 13.9. The third-order valence-electron chi connectivity index (χ3n) is 8.09. The van der Waals surface area contributed by atoms with Gasteiger partial charge in [-0.25, -0.2) is 14.8 Å². The van der Waals surface area contributed by atoms with Gasteiger partial charge in [-0.2, -0.15) is 18.6 Å². The van der Waals surface area contributed by atoms with E-state index in [1.165, 1.54) is 31.6 Å². The van der Waals surface area contributed by atoms with E-state index in [9.17, 15) is 18.3 Å². The van der Waals surface area contributed by atoms with Gasteiger partial charge in [0.15, 0.2) is 39.7 Å². The molecule has 3 N–H and O–H groups in total. The number of amides is 1. The molecule has 7 rings (SSSR count). The van der Waals surface area contributed by atoms with Crippen LogP contribution in [0, 0.1) is 0 Å². The second-order valence-corrected chi connectivity index (χ2v) is 13.6. The van der Waals surface area contributed by atoms with Crippen molar-refractivity contribution in [3.05, 3.63) is 84.7 Å². The Bertz CT molecular complexity index is 2430. The van der Waals surface area contributed by atoms with Gasteiger partial charge in [0.25, 0.3) is 15.9 Å². The third-order valence-corrected chi connectivity index (χ3v) is 9.35. The number of sulfonamides is 1. The first kappa shape index (κ1) is 36.3. The zero-order valence-electron chi connectivity index (χ0n) is 29.4. The molecule has 1 aliphatic heterocycles. The molecule has 0 spiro atoms. The van der Waals surface area contributed by atoms with E-state index in [-0.39, 0.29) is 65.7 Å². The number of nitrogens with one attached hydrogen (secondary N) is 2. The summed E-state index contributed by atoms with van der Waals surface area (Å²) in [4.78, 5) is 31.2. The highest BCUT2D eigenvalue weighted by atomic mass is 32.2. The molecular formula is C35H32N10O9S. The summed E-state index contributed by atoms with van der Waals surface area (Å²) < 4.78 is 59.0. The lowest BCUT2D eigenvalue weighted by atomic mass is 10.1. The Labute approximate surface area is 313 Å². The highest BCUT2D eigenvalue weighted by Crippen LogP contribution is 2.42. The van der Waals surface area contributed by atoms with Crippen LogP contribution in [0.2, 0.25) is 0 Å². The Balaban J connectivity index is 1.32. The molecule has 6 aromatic rings. The number of hydrogen-bond donors (Lipinski definition) is 3. The van der Waals surface area contributed by atoms with Crippen molar-refractivity contribution in [1.29, 1.82) is 0 Å². The van der Waals surface area contributed by atoms with E-state index in [4.69, 9.17) is 23.7 Å². The summed E-state index contributed by atoms with van der Waals surface area (Å²) in [6, 6.07) is 17.6. The fourth-order valence-electron chi connectivity index (χ4n) is 5.29. The second kappa shape index (κ2) is 15.5. The highest BCUT2D eigenvalue weighted by molar-refractivity contribution is 7.92. The number of para-hydroxylation sites is 2. The summed E-state index contributed by atoms with van der Waals surface area (Å²) in [5, 5.41) is 23.7. The minimum absolute atomic E-state index is 0.0134. The van der Waals surface area contributed by atoms with Gasteiger partial charge in [0.05, 0.1) is 19.3 Å². The summed E-state index contributed by atoms with van der Waals surface area (Å²) in [7, 11) is -2.96. The zero-order valence-corrected chi connectivity index (χ0v) is 30.2. The van der Waals surface area contributed by atoms with E-state index >= 15 is 0 Å². The average Bonchev–Trinajstić information content (AvgIpc) is 3.91. The molecule has 0 fully saturated rings. The van der Waals surface area contributed by atoms with Crippen molar-refractivity contribution in [2.75, 3.05) is 36.7 Å². The number of anilines is 2.